The van der Waals surface area contributed by atoms with Gasteiger partial charge < -0.3 is 44.3 Å². The fourth-order valence-electron chi connectivity index (χ4n) is 4.19. The van der Waals surface area contributed by atoms with Crippen LogP contribution < -0.4 is 9.46 Å². The van der Waals surface area contributed by atoms with Gasteiger partial charge in [-0.05, 0) is 24.3 Å². The van der Waals surface area contributed by atoms with E-state index in [2.05, 4.69) is 0 Å². The minimum absolute atomic E-state index is 0.0573. The number of nitrogens with zero attached hydrogens (tertiary/aromatic N) is 2. The summed E-state index contributed by atoms with van der Waals surface area (Å²) < 4.78 is 28.8. The van der Waals surface area contributed by atoms with Gasteiger partial charge in [0.2, 0.25) is 11.0 Å². The van der Waals surface area contributed by atoms with Crippen LogP contribution in [0.2, 0.25) is 0 Å². The Balaban J connectivity index is 0.957. The average Bonchev–Trinajstić information content (AvgIpc) is 2.98. The number of aliphatic hydroxyl groups excluding tert-OH is 2. The molecule has 0 spiro atoms. The van der Waals surface area contributed by atoms with Crippen LogP contribution in [0.5, 0.6) is 0 Å². The number of pyridine rings is 2. The molecule has 2 aromatic carbocycles. The molecule has 0 radical (unpaired) electrons. The Morgan fingerprint density at radius 3 is 1.27 bits per heavy atom. The van der Waals surface area contributed by atoms with Gasteiger partial charge in [0.25, 0.3) is 0 Å². The summed E-state index contributed by atoms with van der Waals surface area (Å²) >= 11 is 0. The molecule has 2 N–H and O–H groups in total. The number of aromatic nitrogens is 2. The lowest BCUT2D eigenvalue weighted by atomic mass is 10.1. The molecule has 2 unspecified atom stereocenters. The monoisotopic (exact) mass is 568 g/mol. The van der Waals surface area contributed by atoms with Gasteiger partial charge in [0.1, 0.15) is 12.2 Å². The number of ether oxygens (including phenoxy) is 5. The summed E-state index contributed by atoms with van der Waals surface area (Å²) in [6.45, 7) is 3.02. The maximum absolute atomic E-state index is 12.1. The van der Waals surface area contributed by atoms with E-state index in [-0.39, 0.29) is 13.2 Å². The van der Waals surface area contributed by atoms with E-state index in [9.17, 15) is 20.6 Å². The van der Waals surface area contributed by atoms with Gasteiger partial charge in [-0.1, -0.05) is 24.3 Å². The second-order valence-corrected chi connectivity index (χ2v) is 9.33. The third-order valence-electron chi connectivity index (χ3n) is 6.33. The maximum Gasteiger partial charge on any atom is 0.223 e. The zero-order valence-electron chi connectivity index (χ0n) is 22.8. The van der Waals surface area contributed by atoms with E-state index in [1.807, 2.05) is 24.3 Å². The van der Waals surface area contributed by atoms with E-state index in [0.717, 1.165) is 20.2 Å². The van der Waals surface area contributed by atoms with E-state index in [1.54, 1.807) is 36.4 Å². The van der Waals surface area contributed by atoms with Crippen LogP contribution in [0.25, 0.3) is 21.8 Å². The van der Waals surface area contributed by atoms with Gasteiger partial charge in [-0.25, -0.2) is 0 Å². The van der Waals surface area contributed by atoms with Crippen molar-refractivity contribution in [3.05, 3.63) is 94.6 Å². The molecule has 0 aliphatic carbocycles. The van der Waals surface area contributed by atoms with E-state index < -0.39 is 12.2 Å². The van der Waals surface area contributed by atoms with Crippen molar-refractivity contribution in [3.8, 4) is 0 Å². The molecular weight excluding hydrogens is 532 g/mol. The van der Waals surface area contributed by atoms with Crippen molar-refractivity contribution in [2.75, 3.05) is 66.1 Å². The predicted molar refractivity (Wildman–Crippen MR) is 150 cm³/mol. The maximum atomic E-state index is 12.1. The summed E-state index contributed by atoms with van der Waals surface area (Å²) in [5.74, 6) is 0. The molecule has 2 aromatic heterocycles. The first-order valence-electron chi connectivity index (χ1n) is 13.5. The van der Waals surface area contributed by atoms with Gasteiger partial charge in [0.15, 0.2) is 12.4 Å². The molecule has 41 heavy (non-hydrogen) atoms. The normalized spacial score (nSPS) is 13.1. The van der Waals surface area contributed by atoms with E-state index in [0.29, 0.717) is 75.0 Å². The number of aliphatic hydroxyl groups is 2. The minimum Gasteiger partial charge on any atom is -0.618 e. The molecule has 0 aliphatic rings. The highest BCUT2D eigenvalue weighted by atomic mass is 16.6. The van der Waals surface area contributed by atoms with Crippen LogP contribution in [0.15, 0.2) is 73.1 Å². The molecule has 2 atom stereocenters. The minimum atomic E-state index is -0.908. The SMILES string of the molecule is [O-][n+]1cc(C(O)COCCOCCOCCOCCOCC(O)c2cc3ccccc3[n+]([O-])c2)cc2ccccc21. The van der Waals surface area contributed by atoms with Gasteiger partial charge in [-0.15, -0.1) is 0 Å². The first kappa shape index (κ1) is 30.5. The van der Waals surface area contributed by atoms with Crippen LogP contribution in [0, 0.1) is 10.4 Å². The van der Waals surface area contributed by atoms with Crippen molar-refractivity contribution in [1.29, 1.82) is 0 Å². The Labute approximate surface area is 238 Å². The van der Waals surface area contributed by atoms with Crippen LogP contribution in [-0.2, 0) is 23.7 Å². The van der Waals surface area contributed by atoms with Crippen molar-refractivity contribution in [1.82, 2.24) is 0 Å². The van der Waals surface area contributed by atoms with Crippen LogP contribution in [0.3, 0.4) is 0 Å². The zero-order valence-corrected chi connectivity index (χ0v) is 22.8. The second kappa shape index (κ2) is 16.1. The largest absolute Gasteiger partial charge is 0.618 e. The third-order valence-corrected chi connectivity index (χ3v) is 6.33. The van der Waals surface area contributed by atoms with Crippen molar-refractivity contribution >= 4 is 21.8 Å². The van der Waals surface area contributed by atoms with Crippen molar-refractivity contribution < 1.29 is 43.4 Å². The summed E-state index contributed by atoms with van der Waals surface area (Å²) in [5.41, 5.74) is 2.09. The molecule has 2 heterocycles. The molecule has 0 saturated carbocycles. The molecule has 4 rings (SSSR count). The standard InChI is InChI=1S/C30H36N2O9/c33-29(25-17-23-5-1-3-7-27(23)31(35)19-25)21-40-15-13-38-11-9-37-10-12-39-14-16-41-22-30(34)26-18-24-6-2-4-8-28(24)32(36)20-26/h1-8,17-20,29-30,33-34H,9-16,21-22H2. The van der Waals surface area contributed by atoms with Gasteiger partial charge in [-0.3, -0.25) is 0 Å². The lowest BCUT2D eigenvalue weighted by molar-refractivity contribution is -0.577. The average molecular weight is 569 g/mol. The number of rotatable bonds is 18. The van der Waals surface area contributed by atoms with Crippen LogP contribution >= 0.6 is 0 Å². The van der Waals surface area contributed by atoms with Crippen molar-refractivity contribution in [2.24, 2.45) is 0 Å². The van der Waals surface area contributed by atoms with Crippen LogP contribution in [0.4, 0.5) is 0 Å². The summed E-state index contributed by atoms with van der Waals surface area (Å²) in [5, 5.41) is 46.4. The zero-order chi connectivity index (χ0) is 28.9. The van der Waals surface area contributed by atoms with E-state index in [1.165, 1.54) is 12.4 Å². The predicted octanol–water partition coefficient (Wildman–Crippen LogP) is 2.11. The molecule has 0 bridgehead atoms. The summed E-state index contributed by atoms with van der Waals surface area (Å²) in [6.07, 6.45) is 0.912. The molecule has 0 saturated heterocycles. The highest BCUT2D eigenvalue weighted by Gasteiger charge is 2.15. The Hall–Kier alpha value is -3.42. The Kier molecular flexibility index (Phi) is 12.0. The first-order chi connectivity index (χ1) is 20.0. The lowest BCUT2D eigenvalue weighted by Crippen LogP contribution is -2.28. The molecule has 0 aliphatic heterocycles. The van der Waals surface area contributed by atoms with E-state index in [4.69, 9.17) is 23.7 Å². The Morgan fingerprint density at radius 1 is 0.537 bits per heavy atom. The summed E-state index contributed by atoms with van der Waals surface area (Å²) in [7, 11) is 0. The molecule has 4 aromatic rings. The topological polar surface area (TPSA) is 140 Å². The lowest BCUT2D eigenvalue weighted by Gasteiger charge is -2.13. The third kappa shape index (κ3) is 9.30. The van der Waals surface area contributed by atoms with Gasteiger partial charge in [-0.2, -0.15) is 9.46 Å². The highest BCUT2D eigenvalue weighted by Crippen LogP contribution is 2.18. The van der Waals surface area contributed by atoms with E-state index >= 15 is 0 Å². The number of fused-ring (bicyclic) bond motifs is 2. The quantitative estimate of drug-likeness (QED) is 0.105. The number of para-hydroxylation sites is 2. The second-order valence-electron chi connectivity index (χ2n) is 9.33. The molecule has 0 fully saturated rings. The first-order valence-corrected chi connectivity index (χ1v) is 13.5. The van der Waals surface area contributed by atoms with Crippen molar-refractivity contribution in [2.45, 2.75) is 12.2 Å². The summed E-state index contributed by atoms with van der Waals surface area (Å²) in [4.78, 5) is 0. The fraction of sp³-hybridized carbons (Fsp3) is 0.400. The Bertz CT molecular complexity index is 1270. The number of benzene rings is 2. The van der Waals surface area contributed by atoms with Gasteiger partial charge in [0, 0.05) is 34.0 Å². The molecule has 11 nitrogen and oxygen atoms in total. The fourth-order valence-corrected chi connectivity index (χ4v) is 4.19. The summed E-state index contributed by atoms with van der Waals surface area (Å²) in [6, 6.07) is 17.9. The molecule has 11 heteroatoms. The molecule has 0 amide bonds. The van der Waals surface area contributed by atoms with Crippen LogP contribution in [-0.4, -0.2) is 76.3 Å². The molecule has 220 valence electrons. The van der Waals surface area contributed by atoms with Crippen molar-refractivity contribution in [3.63, 3.8) is 0 Å². The number of hydrogen-bond donors (Lipinski definition) is 2. The van der Waals surface area contributed by atoms with Gasteiger partial charge >= 0.3 is 0 Å². The Morgan fingerprint density at radius 2 is 0.878 bits per heavy atom. The smallest absolute Gasteiger partial charge is 0.223 e. The molecular formula is C30H36N2O9. The van der Waals surface area contributed by atoms with Gasteiger partial charge in [0.05, 0.1) is 66.1 Å². The van der Waals surface area contributed by atoms with Crippen LogP contribution in [0.1, 0.15) is 23.3 Å². The number of hydrogen-bond acceptors (Lipinski definition) is 9. The highest BCUT2D eigenvalue weighted by molar-refractivity contribution is 5.76.